The van der Waals surface area contributed by atoms with Gasteiger partial charge < -0.3 is 15.4 Å². The van der Waals surface area contributed by atoms with Gasteiger partial charge in [-0.2, -0.15) is 0 Å². The number of piperidine rings is 1. The molecule has 2 rings (SSSR count). The van der Waals surface area contributed by atoms with Crippen LogP contribution in [-0.4, -0.2) is 52.9 Å². The van der Waals surface area contributed by atoms with E-state index in [4.69, 9.17) is 10.5 Å². The van der Waals surface area contributed by atoms with Gasteiger partial charge in [0.2, 0.25) is 11.7 Å². The Morgan fingerprint density at radius 1 is 1.43 bits per heavy atom. The van der Waals surface area contributed by atoms with E-state index in [0.717, 1.165) is 38.2 Å². The van der Waals surface area contributed by atoms with Crippen LogP contribution in [0.3, 0.4) is 0 Å². The van der Waals surface area contributed by atoms with Gasteiger partial charge in [0.25, 0.3) is 0 Å². The van der Waals surface area contributed by atoms with E-state index in [2.05, 4.69) is 29.4 Å². The molecule has 1 amide bonds. The minimum absolute atomic E-state index is 0.0166. The molecule has 0 bridgehead atoms. The topological polar surface area (TPSA) is 100 Å². The van der Waals surface area contributed by atoms with Crippen molar-refractivity contribution < 1.29 is 14.4 Å². The minimum Gasteiger partial charge on any atom is -0.383 e. The molecule has 0 radical (unpaired) electrons. The summed E-state index contributed by atoms with van der Waals surface area (Å²) in [7, 11) is 1.68. The monoisotopic (exact) mass is 325 g/mol. The molecule has 1 atom stereocenters. The lowest BCUT2D eigenvalue weighted by Gasteiger charge is -2.34. The first kappa shape index (κ1) is 17.8. The number of hydrogen-bond donors (Lipinski definition) is 2. The average Bonchev–Trinajstić information content (AvgIpc) is 2.98. The standard InChI is InChI=1S/C15H28N6O2/c1-11(2)10-13(15-17-18-19-21(15)8-9-23-3)20-6-4-12(5-7-20)14(16)22/h11-13H,4-10H2,1-3H3,(H2,16,22)/p+1/t13-/m1/s1. The fourth-order valence-electron chi connectivity index (χ4n) is 3.35. The number of methoxy groups -OCH3 is 1. The number of aromatic nitrogens is 4. The zero-order valence-corrected chi connectivity index (χ0v) is 14.4. The zero-order valence-electron chi connectivity index (χ0n) is 14.4. The number of nitrogens with one attached hydrogen (secondary N) is 1. The third-order valence-corrected chi connectivity index (χ3v) is 4.61. The molecule has 2 heterocycles. The number of quaternary nitrogens is 1. The largest absolute Gasteiger partial charge is 0.383 e. The highest BCUT2D eigenvalue weighted by Gasteiger charge is 2.35. The van der Waals surface area contributed by atoms with Crippen molar-refractivity contribution in [2.45, 2.75) is 45.7 Å². The van der Waals surface area contributed by atoms with Crippen molar-refractivity contribution in [3.63, 3.8) is 0 Å². The Morgan fingerprint density at radius 2 is 2.13 bits per heavy atom. The third kappa shape index (κ3) is 4.71. The molecule has 1 aliphatic rings. The van der Waals surface area contributed by atoms with Gasteiger partial charge in [-0.05, 0) is 16.3 Å². The molecular formula is C15H29N6O2+. The Kier molecular flexibility index (Phi) is 6.47. The van der Waals surface area contributed by atoms with Crippen LogP contribution in [-0.2, 0) is 16.1 Å². The van der Waals surface area contributed by atoms with Crippen molar-refractivity contribution in [1.29, 1.82) is 0 Å². The molecule has 0 aliphatic carbocycles. The number of primary amides is 1. The SMILES string of the molecule is COCCn1nnnc1[C@@H](CC(C)C)[NH+]1CCC(C(N)=O)CC1. The molecule has 0 spiro atoms. The Labute approximate surface area is 137 Å². The molecule has 1 aliphatic heterocycles. The molecule has 1 saturated heterocycles. The summed E-state index contributed by atoms with van der Waals surface area (Å²) in [4.78, 5) is 12.8. The summed E-state index contributed by atoms with van der Waals surface area (Å²) in [6.45, 7) is 7.54. The van der Waals surface area contributed by atoms with E-state index in [-0.39, 0.29) is 17.9 Å². The molecular weight excluding hydrogens is 296 g/mol. The zero-order chi connectivity index (χ0) is 16.8. The predicted molar refractivity (Wildman–Crippen MR) is 84.5 cm³/mol. The normalized spacial score (nSPS) is 23.1. The Balaban J connectivity index is 2.11. The quantitative estimate of drug-likeness (QED) is 0.651. The number of hydrogen-bond acceptors (Lipinski definition) is 5. The molecule has 130 valence electrons. The molecule has 23 heavy (non-hydrogen) atoms. The van der Waals surface area contributed by atoms with E-state index in [1.165, 1.54) is 4.90 Å². The van der Waals surface area contributed by atoms with E-state index in [9.17, 15) is 4.79 Å². The fourth-order valence-corrected chi connectivity index (χ4v) is 3.35. The Morgan fingerprint density at radius 3 is 2.70 bits per heavy atom. The molecule has 1 aromatic heterocycles. The maximum atomic E-state index is 11.4. The number of tetrazole rings is 1. The van der Waals surface area contributed by atoms with Crippen molar-refractivity contribution >= 4 is 5.91 Å². The number of nitrogens with zero attached hydrogens (tertiary/aromatic N) is 4. The summed E-state index contributed by atoms with van der Waals surface area (Å²) in [5, 5.41) is 12.3. The molecule has 0 saturated carbocycles. The van der Waals surface area contributed by atoms with Crippen LogP contribution >= 0.6 is 0 Å². The average molecular weight is 325 g/mol. The summed E-state index contributed by atoms with van der Waals surface area (Å²) < 4.78 is 6.99. The van der Waals surface area contributed by atoms with E-state index in [1.807, 2.05) is 4.68 Å². The lowest BCUT2D eigenvalue weighted by molar-refractivity contribution is -0.938. The predicted octanol–water partition coefficient (Wildman–Crippen LogP) is -0.813. The van der Waals surface area contributed by atoms with E-state index < -0.39 is 0 Å². The summed E-state index contributed by atoms with van der Waals surface area (Å²) >= 11 is 0. The first-order valence-corrected chi connectivity index (χ1v) is 8.41. The van der Waals surface area contributed by atoms with E-state index in [1.54, 1.807) is 7.11 Å². The van der Waals surface area contributed by atoms with Crippen LogP contribution in [0.15, 0.2) is 0 Å². The van der Waals surface area contributed by atoms with Gasteiger partial charge in [0.15, 0.2) is 0 Å². The number of rotatable bonds is 8. The highest BCUT2D eigenvalue weighted by Crippen LogP contribution is 2.18. The lowest BCUT2D eigenvalue weighted by atomic mass is 9.93. The van der Waals surface area contributed by atoms with Crippen LogP contribution in [0.1, 0.15) is 45.0 Å². The number of amides is 1. The molecule has 0 aromatic carbocycles. The van der Waals surface area contributed by atoms with Crippen LogP contribution in [0.4, 0.5) is 0 Å². The number of carbonyl (C=O) groups is 1. The molecule has 3 N–H and O–H groups in total. The number of likely N-dealkylation sites (tertiary alicyclic amines) is 1. The molecule has 1 aromatic rings. The van der Waals surface area contributed by atoms with E-state index >= 15 is 0 Å². The molecule has 1 fully saturated rings. The Bertz CT molecular complexity index is 496. The van der Waals surface area contributed by atoms with Crippen molar-refractivity contribution in [3.05, 3.63) is 5.82 Å². The summed E-state index contributed by atoms with van der Waals surface area (Å²) in [5.41, 5.74) is 5.44. The van der Waals surface area contributed by atoms with Crippen LogP contribution < -0.4 is 10.6 Å². The van der Waals surface area contributed by atoms with Gasteiger partial charge >= 0.3 is 0 Å². The third-order valence-electron chi connectivity index (χ3n) is 4.61. The van der Waals surface area contributed by atoms with Crippen molar-refractivity contribution in [2.24, 2.45) is 17.6 Å². The maximum absolute atomic E-state index is 11.4. The number of carbonyl (C=O) groups excluding carboxylic acids is 1. The maximum Gasteiger partial charge on any atom is 0.220 e. The van der Waals surface area contributed by atoms with Gasteiger partial charge in [-0.25, -0.2) is 4.68 Å². The van der Waals surface area contributed by atoms with Crippen LogP contribution in [0.2, 0.25) is 0 Å². The van der Waals surface area contributed by atoms with Crippen LogP contribution in [0, 0.1) is 11.8 Å². The Hall–Kier alpha value is -1.54. The van der Waals surface area contributed by atoms with Gasteiger partial charge in [-0.3, -0.25) is 4.79 Å². The lowest BCUT2D eigenvalue weighted by Crippen LogP contribution is -3.13. The van der Waals surface area contributed by atoms with Gasteiger partial charge in [0.1, 0.15) is 6.04 Å². The molecule has 0 unspecified atom stereocenters. The van der Waals surface area contributed by atoms with Gasteiger partial charge in [0, 0.05) is 32.3 Å². The van der Waals surface area contributed by atoms with E-state index in [0.29, 0.717) is 19.1 Å². The molecule has 8 nitrogen and oxygen atoms in total. The smallest absolute Gasteiger partial charge is 0.220 e. The molecule has 8 heteroatoms. The first-order chi connectivity index (χ1) is 11.0. The summed E-state index contributed by atoms with van der Waals surface area (Å²) in [6, 6.07) is 0.246. The van der Waals surface area contributed by atoms with Crippen molar-refractivity contribution in [1.82, 2.24) is 20.2 Å². The van der Waals surface area contributed by atoms with Gasteiger partial charge in [-0.15, -0.1) is 5.10 Å². The second-order valence-electron chi connectivity index (χ2n) is 6.77. The number of ether oxygens (including phenoxy) is 1. The second-order valence-corrected chi connectivity index (χ2v) is 6.77. The van der Waals surface area contributed by atoms with Crippen LogP contribution in [0.25, 0.3) is 0 Å². The summed E-state index contributed by atoms with van der Waals surface area (Å²) in [6.07, 6.45) is 2.71. The number of nitrogens with two attached hydrogens (primary N) is 1. The van der Waals surface area contributed by atoms with Gasteiger partial charge in [0.05, 0.1) is 26.2 Å². The van der Waals surface area contributed by atoms with Gasteiger partial charge in [-0.1, -0.05) is 13.8 Å². The first-order valence-electron chi connectivity index (χ1n) is 8.41. The van der Waals surface area contributed by atoms with Crippen molar-refractivity contribution in [2.75, 3.05) is 26.8 Å². The summed E-state index contributed by atoms with van der Waals surface area (Å²) in [5.74, 6) is 1.31. The fraction of sp³-hybridized carbons (Fsp3) is 0.867. The highest BCUT2D eigenvalue weighted by molar-refractivity contribution is 5.76. The highest BCUT2D eigenvalue weighted by atomic mass is 16.5. The second kappa shape index (κ2) is 8.35. The minimum atomic E-state index is -0.172. The van der Waals surface area contributed by atoms with Crippen molar-refractivity contribution in [3.8, 4) is 0 Å². The van der Waals surface area contributed by atoms with Crippen LogP contribution in [0.5, 0.6) is 0 Å².